The van der Waals surface area contributed by atoms with E-state index in [2.05, 4.69) is 11.6 Å². The maximum absolute atomic E-state index is 13.0. The summed E-state index contributed by atoms with van der Waals surface area (Å²) >= 11 is 0. The second-order valence-corrected chi connectivity index (χ2v) is 3.76. The van der Waals surface area contributed by atoms with Crippen molar-refractivity contribution < 1.29 is 4.39 Å². The third-order valence-electron chi connectivity index (χ3n) is 2.16. The average molecular weight is 208 g/mol. The first-order valence-corrected chi connectivity index (χ1v) is 4.88. The van der Waals surface area contributed by atoms with Gasteiger partial charge in [-0.3, -0.25) is 0 Å². The molecule has 1 rings (SSSR count). The van der Waals surface area contributed by atoms with Crippen molar-refractivity contribution in [3.05, 3.63) is 34.2 Å². The lowest BCUT2D eigenvalue weighted by Crippen LogP contribution is -2.25. The van der Waals surface area contributed by atoms with Crippen molar-refractivity contribution in [1.82, 2.24) is 9.88 Å². The van der Waals surface area contributed by atoms with Gasteiger partial charge >= 0.3 is 0 Å². The van der Waals surface area contributed by atoms with Crippen LogP contribution in [0.5, 0.6) is 0 Å². The average Bonchev–Trinajstić information content (AvgIpc) is 2.49. The quantitative estimate of drug-likeness (QED) is 0.789. The molecule has 1 aromatic heterocycles. The van der Waals surface area contributed by atoms with Crippen molar-refractivity contribution >= 4 is 12.7 Å². The van der Waals surface area contributed by atoms with Crippen molar-refractivity contribution in [1.29, 1.82) is 0 Å². The highest BCUT2D eigenvalue weighted by molar-refractivity contribution is 5.41. The second kappa shape index (κ2) is 4.94. The number of halogens is 1. The minimum absolute atomic E-state index is 0.252. The zero-order valence-electron chi connectivity index (χ0n) is 9.47. The number of aromatic nitrogens is 1. The molecule has 0 aromatic carbocycles. The number of allylic oxidation sites excluding steroid dienone is 2. The lowest BCUT2D eigenvalue weighted by Gasteiger charge is -2.06. The molecule has 0 spiro atoms. The van der Waals surface area contributed by atoms with Gasteiger partial charge in [-0.15, -0.1) is 0 Å². The highest BCUT2D eigenvalue weighted by atomic mass is 19.1. The zero-order chi connectivity index (χ0) is 11.4. The molecule has 1 aromatic rings. The molecule has 0 aliphatic carbocycles. The van der Waals surface area contributed by atoms with Gasteiger partial charge in [0.1, 0.15) is 5.83 Å². The van der Waals surface area contributed by atoms with Crippen molar-refractivity contribution in [3.63, 3.8) is 0 Å². The van der Waals surface area contributed by atoms with E-state index >= 15 is 0 Å². The van der Waals surface area contributed by atoms with Gasteiger partial charge in [0.2, 0.25) is 0 Å². The van der Waals surface area contributed by atoms with Crippen LogP contribution in [-0.4, -0.2) is 24.0 Å². The fourth-order valence-corrected chi connectivity index (χ4v) is 1.34. The third kappa shape index (κ3) is 3.06. The number of H-pyrrole nitrogens is 1. The SMILES string of the molecule is C=c1c(CN(C)C)c[nH]c1=CC(F)=CC. The Bertz CT molecular complexity index is 454. The molecule has 82 valence electrons. The van der Waals surface area contributed by atoms with Crippen LogP contribution in [0, 0.1) is 0 Å². The number of hydrogen-bond acceptors (Lipinski definition) is 1. The predicted molar refractivity (Wildman–Crippen MR) is 62.3 cm³/mol. The van der Waals surface area contributed by atoms with E-state index in [4.69, 9.17) is 0 Å². The second-order valence-electron chi connectivity index (χ2n) is 3.76. The first kappa shape index (κ1) is 11.7. The summed E-state index contributed by atoms with van der Waals surface area (Å²) in [4.78, 5) is 5.07. The van der Waals surface area contributed by atoms with Gasteiger partial charge < -0.3 is 9.88 Å². The fraction of sp³-hybridized carbons (Fsp3) is 0.333. The maximum atomic E-state index is 13.0. The van der Waals surface area contributed by atoms with Crippen molar-refractivity contribution in [2.45, 2.75) is 13.5 Å². The molecule has 3 heteroatoms. The summed E-state index contributed by atoms with van der Waals surface area (Å²) in [7, 11) is 3.98. The van der Waals surface area contributed by atoms with Crippen LogP contribution in [0.2, 0.25) is 0 Å². The summed E-state index contributed by atoms with van der Waals surface area (Å²) in [6, 6.07) is 0. The van der Waals surface area contributed by atoms with Crippen LogP contribution < -0.4 is 10.6 Å². The summed E-state index contributed by atoms with van der Waals surface area (Å²) in [5.41, 5.74) is 1.09. The summed E-state index contributed by atoms with van der Waals surface area (Å²) in [5.74, 6) is -0.252. The molecule has 0 saturated carbocycles. The van der Waals surface area contributed by atoms with Crippen molar-refractivity contribution in [2.24, 2.45) is 0 Å². The monoisotopic (exact) mass is 208 g/mol. The molecule has 0 bridgehead atoms. The van der Waals surface area contributed by atoms with Crippen LogP contribution >= 0.6 is 0 Å². The number of rotatable bonds is 3. The van der Waals surface area contributed by atoms with Crippen molar-refractivity contribution in [3.8, 4) is 0 Å². The molecular weight excluding hydrogens is 191 g/mol. The lowest BCUT2D eigenvalue weighted by molar-refractivity contribution is 0.402. The largest absolute Gasteiger partial charge is 0.361 e. The van der Waals surface area contributed by atoms with Crippen LogP contribution in [0.25, 0.3) is 12.7 Å². The summed E-state index contributed by atoms with van der Waals surface area (Å²) < 4.78 is 13.0. The zero-order valence-corrected chi connectivity index (χ0v) is 9.47. The van der Waals surface area contributed by atoms with Crippen LogP contribution in [0.3, 0.4) is 0 Å². The van der Waals surface area contributed by atoms with E-state index in [0.29, 0.717) is 0 Å². The van der Waals surface area contributed by atoms with Gasteiger partial charge in [0, 0.05) is 18.1 Å². The first-order valence-electron chi connectivity index (χ1n) is 4.88. The Balaban J connectivity index is 3.10. The summed E-state index contributed by atoms with van der Waals surface area (Å²) in [6.07, 6.45) is 4.75. The Labute approximate surface area is 89.4 Å². The van der Waals surface area contributed by atoms with E-state index in [-0.39, 0.29) is 5.83 Å². The Morgan fingerprint density at radius 2 is 2.27 bits per heavy atom. The molecule has 1 heterocycles. The molecule has 0 amide bonds. The molecule has 0 radical (unpaired) electrons. The Morgan fingerprint density at radius 1 is 1.60 bits per heavy atom. The molecule has 2 nitrogen and oxygen atoms in total. The minimum Gasteiger partial charge on any atom is -0.361 e. The van der Waals surface area contributed by atoms with Gasteiger partial charge in [-0.25, -0.2) is 4.39 Å². The van der Waals surface area contributed by atoms with Gasteiger partial charge in [-0.1, -0.05) is 12.7 Å². The molecule has 0 atom stereocenters. The smallest absolute Gasteiger partial charge is 0.121 e. The maximum Gasteiger partial charge on any atom is 0.121 e. The van der Waals surface area contributed by atoms with E-state index in [0.717, 1.165) is 22.7 Å². The van der Waals surface area contributed by atoms with Crippen molar-refractivity contribution in [2.75, 3.05) is 14.1 Å². The van der Waals surface area contributed by atoms with Gasteiger partial charge in [0.05, 0.1) is 0 Å². The highest BCUT2D eigenvalue weighted by Crippen LogP contribution is 1.96. The van der Waals surface area contributed by atoms with Gasteiger partial charge in [-0.2, -0.15) is 0 Å². The van der Waals surface area contributed by atoms with Crippen LogP contribution in [0.15, 0.2) is 18.1 Å². The van der Waals surface area contributed by atoms with E-state index in [1.807, 2.05) is 25.2 Å². The normalized spacial score (nSPS) is 13.9. The first-order chi connectivity index (χ1) is 7.04. The molecule has 0 fully saturated rings. The molecule has 0 saturated heterocycles. The molecule has 15 heavy (non-hydrogen) atoms. The number of nitrogens with zero attached hydrogens (tertiary/aromatic N) is 1. The summed E-state index contributed by atoms with van der Waals surface area (Å²) in [5, 5.41) is 1.60. The van der Waals surface area contributed by atoms with Crippen LogP contribution in [0.4, 0.5) is 4.39 Å². The summed E-state index contributed by atoms with van der Waals surface area (Å²) in [6.45, 7) is 6.41. The van der Waals surface area contributed by atoms with Gasteiger partial charge in [-0.05, 0) is 37.9 Å². The topological polar surface area (TPSA) is 19.0 Å². The van der Waals surface area contributed by atoms with E-state index in [9.17, 15) is 4.39 Å². The number of aromatic amines is 1. The number of hydrogen-bond donors (Lipinski definition) is 1. The van der Waals surface area contributed by atoms with E-state index < -0.39 is 0 Å². The van der Waals surface area contributed by atoms with E-state index in [1.54, 1.807) is 6.92 Å². The van der Waals surface area contributed by atoms with E-state index in [1.165, 1.54) is 12.2 Å². The molecule has 1 N–H and O–H groups in total. The lowest BCUT2D eigenvalue weighted by atomic mass is 10.2. The Hall–Kier alpha value is -1.35. The standard InChI is InChI=1S/C12H17FN2/c1-5-11(13)6-12-9(2)10(7-14-12)8-15(3)4/h5-7,14H,2,8H2,1,3-4H3. The molecule has 0 unspecified atom stereocenters. The fourth-order valence-electron chi connectivity index (χ4n) is 1.34. The van der Waals surface area contributed by atoms with Gasteiger partial charge in [0.25, 0.3) is 0 Å². The number of nitrogens with one attached hydrogen (secondary N) is 1. The molecule has 0 aliphatic rings. The van der Waals surface area contributed by atoms with Crippen LogP contribution in [0.1, 0.15) is 12.5 Å². The highest BCUT2D eigenvalue weighted by Gasteiger charge is 1.99. The molecule has 0 aliphatic heterocycles. The van der Waals surface area contributed by atoms with Crippen LogP contribution in [-0.2, 0) is 6.54 Å². The predicted octanol–water partition coefficient (Wildman–Crippen LogP) is 1.14. The third-order valence-corrected chi connectivity index (χ3v) is 2.16. The van der Waals surface area contributed by atoms with Gasteiger partial charge in [0.15, 0.2) is 0 Å². The Kier molecular flexibility index (Phi) is 3.86. The Morgan fingerprint density at radius 3 is 2.80 bits per heavy atom. The molecular formula is C12H17FN2. The minimum atomic E-state index is -0.252.